The first-order chi connectivity index (χ1) is 10.2. The minimum Gasteiger partial charge on any atom is -0.508 e. The monoisotopic (exact) mass is 284 g/mol. The predicted octanol–water partition coefficient (Wildman–Crippen LogP) is 2.96. The summed E-state index contributed by atoms with van der Waals surface area (Å²) in [5.74, 6) is 1.77. The van der Waals surface area contributed by atoms with E-state index < -0.39 is 0 Å². The van der Waals surface area contributed by atoms with Crippen LogP contribution >= 0.6 is 0 Å². The molecule has 4 nitrogen and oxygen atoms in total. The van der Waals surface area contributed by atoms with E-state index in [-0.39, 0.29) is 29.4 Å². The van der Waals surface area contributed by atoms with Crippen LogP contribution in [-0.4, -0.2) is 23.4 Å². The van der Waals surface area contributed by atoms with Crippen molar-refractivity contribution in [2.45, 2.75) is 12.0 Å². The Labute approximate surface area is 122 Å². The highest BCUT2D eigenvalue weighted by Crippen LogP contribution is 2.49. The molecule has 1 fully saturated rings. The smallest absolute Gasteiger partial charge is 0.129 e. The van der Waals surface area contributed by atoms with Crippen molar-refractivity contribution in [2.75, 3.05) is 13.2 Å². The van der Waals surface area contributed by atoms with Crippen LogP contribution in [0.15, 0.2) is 42.5 Å². The topological polar surface area (TPSA) is 58.9 Å². The first kappa shape index (κ1) is 12.5. The van der Waals surface area contributed by atoms with E-state index in [0.717, 1.165) is 16.9 Å². The van der Waals surface area contributed by atoms with Crippen LogP contribution in [0, 0.1) is 5.92 Å². The van der Waals surface area contributed by atoms with Crippen LogP contribution in [0.25, 0.3) is 0 Å². The molecule has 0 radical (unpaired) electrons. The maximum atomic E-state index is 9.70. The molecule has 0 aromatic heterocycles. The van der Waals surface area contributed by atoms with Crippen molar-refractivity contribution < 1.29 is 19.7 Å². The van der Waals surface area contributed by atoms with Gasteiger partial charge in [-0.15, -0.1) is 0 Å². The molecule has 0 saturated carbocycles. The summed E-state index contributed by atoms with van der Waals surface area (Å²) < 4.78 is 11.8. The Bertz CT molecular complexity index is 665. The summed E-state index contributed by atoms with van der Waals surface area (Å²) in [6.45, 7) is 1.30. The lowest BCUT2D eigenvalue weighted by Crippen LogP contribution is -2.29. The molecule has 3 atom stereocenters. The summed E-state index contributed by atoms with van der Waals surface area (Å²) in [4.78, 5) is 0. The van der Waals surface area contributed by atoms with Crippen molar-refractivity contribution in [3.05, 3.63) is 53.6 Å². The third-order valence-electron chi connectivity index (χ3n) is 4.38. The van der Waals surface area contributed by atoms with Crippen molar-refractivity contribution in [1.29, 1.82) is 0 Å². The van der Waals surface area contributed by atoms with E-state index in [1.54, 1.807) is 24.3 Å². The highest BCUT2D eigenvalue weighted by Gasteiger charge is 2.43. The molecule has 0 amide bonds. The summed E-state index contributed by atoms with van der Waals surface area (Å²) in [5, 5.41) is 19.1. The fourth-order valence-electron chi connectivity index (χ4n) is 3.33. The number of hydrogen-bond acceptors (Lipinski definition) is 4. The lowest BCUT2D eigenvalue weighted by atomic mass is 9.80. The Kier molecular flexibility index (Phi) is 2.79. The van der Waals surface area contributed by atoms with Gasteiger partial charge in [0.25, 0.3) is 0 Å². The Morgan fingerprint density at radius 1 is 0.905 bits per heavy atom. The molecule has 4 heteroatoms. The normalized spacial score (nSPS) is 26.8. The maximum Gasteiger partial charge on any atom is 0.129 e. The predicted molar refractivity (Wildman–Crippen MR) is 76.6 cm³/mol. The molecule has 2 aromatic rings. The zero-order chi connectivity index (χ0) is 14.4. The van der Waals surface area contributed by atoms with E-state index in [1.165, 1.54) is 0 Å². The van der Waals surface area contributed by atoms with Crippen LogP contribution in [0.3, 0.4) is 0 Å². The third-order valence-corrected chi connectivity index (χ3v) is 4.38. The van der Waals surface area contributed by atoms with Gasteiger partial charge in [0, 0.05) is 17.4 Å². The zero-order valence-electron chi connectivity index (χ0n) is 11.4. The number of rotatable bonds is 1. The number of hydrogen-bond donors (Lipinski definition) is 2. The van der Waals surface area contributed by atoms with Crippen molar-refractivity contribution in [2.24, 2.45) is 5.92 Å². The van der Waals surface area contributed by atoms with Gasteiger partial charge in [-0.3, -0.25) is 0 Å². The second kappa shape index (κ2) is 4.67. The van der Waals surface area contributed by atoms with Gasteiger partial charge in [-0.2, -0.15) is 0 Å². The molecule has 2 heterocycles. The Hall–Kier alpha value is -2.20. The van der Waals surface area contributed by atoms with Crippen molar-refractivity contribution >= 4 is 0 Å². The van der Waals surface area contributed by atoms with Gasteiger partial charge in [0.1, 0.15) is 23.4 Å². The third kappa shape index (κ3) is 2.03. The second-order valence-corrected chi connectivity index (χ2v) is 5.66. The molecule has 2 aromatic carbocycles. The van der Waals surface area contributed by atoms with Gasteiger partial charge in [0.05, 0.1) is 13.2 Å². The first-order valence-electron chi connectivity index (χ1n) is 7.08. The highest BCUT2D eigenvalue weighted by atomic mass is 16.5. The molecule has 0 aliphatic carbocycles. The molecule has 0 bridgehead atoms. The largest absolute Gasteiger partial charge is 0.508 e. The molecule has 4 rings (SSSR count). The fraction of sp³-hybridized carbons (Fsp3) is 0.294. The first-order valence-corrected chi connectivity index (χ1v) is 7.08. The molecular formula is C17H16O4. The summed E-state index contributed by atoms with van der Waals surface area (Å²) in [5.41, 5.74) is 2.06. The average molecular weight is 284 g/mol. The van der Waals surface area contributed by atoms with Crippen LogP contribution in [-0.2, 0) is 4.74 Å². The number of aromatic hydroxyl groups is 2. The summed E-state index contributed by atoms with van der Waals surface area (Å²) in [6.07, 6.45) is -0.0878. The number of ether oxygens (including phenoxy) is 2. The molecule has 2 aliphatic rings. The van der Waals surface area contributed by atoms with Gasteiger partial charge in [-0.05, 0) is 35.9 Å². The van der Waals surface area contributed by atoms with Crippen molar-refractivity contribution in [1.82, 2.24) is 0 Å². The van der Waals surface area contributed by atoms with Gasteiger partial charge >= 0.3 is 0 Å². The van der Waals surface area contributed by atoms with Gasteiger partial charge in [-0.1, -0.05) is 12.1 Å². The van der Waals surface area contributed by atoms with Crippen LogP contribution in [0.5, 0.6) is 17.2 Å². The van der Waals surface area contributed by atoms with E-state index in [2.05, 4.69) is 0 Å². The molecule has 0 unspecified atom stereocenters. The zero-order valence-corrected chi connectivity index (χ0v) is 11.4. The quantitative estimate of drug-likeness (QED) is 0.845. The molecular weight excluding hydrogens is 268 g/mol. The molecule has 0 spiro atoms. The minimum atomic E-state index is -0.0878. The molecule has 2 aliphatic heterocycles. The van der Waals surface area contributed by atoms with Crippen LogP contribution in [0.4, 0.5) is 0 Å². The van der Waals surface area contributed by atoms with Crippen LogP contribution in [0.2, 0.25) is 0 Å². The van der Waals surface area contributed by atoms with Crippen LogP contribution in [0.1, 0.15) is 23.1 Å². The Balaban J connectivity index is 1.77. The Morgan fingerprint density at radius 3 is 2.48 bits per heavy atom. The standard InChI is InChI=1S/C17H16O4/c18-11-3-1-10(2-4-11)17-15-9-20-8-14(15)13-7-12(19)5-6-16(13)21-17/h1-7,14-15,17-19H,8-9H2/t14-,15-,17-/m0/s1. The van der Waals surface area contributed by atoms with E-state index in [1.807, 2.05) is 18.2 Å². The van der Waals surface area contributed by atoms with Crippen molar-refractivity contribution in [3.63, 3.8) is 0 Å². The van der Waals surface area contributed by atoms with Crippen molar-refractivity contribution in [3.8, 4) is 17.2 Å². The number of phenolic OH excluding ortho intramolecular Hbond substituents is 2. The average Bonchev–Trinajstić information content (AvgIpc) is 2.97. The summed E-state index contributed by atoms with van der Waals surface area (Å²) in [6, 6.07) is 12.4. The fourth-order valence-corrected chi connectivity index (χ4v) is 3.33. The van der Waals surface area contributed by atoms with Gasteiger partial charge < -0.3 is 19.7 Å². The van der Waals surface area contributed by atoms with Crippen LogP contribution < -0.4 is 4.74 Å². The SMILES string of the molecule is Oc1ccc([C@@H]2Oc3ccc(O)cc3[C@@H]3COC[C@@H]32)cc1. The molecule has 108 valence electrons. The number of phenols is 2. The number of fused-ring (bicyclic) bond motifs is 3. The molecule has 2 N–H and O–H groups in total. The lowest BCUT2D eigenvalue weighted by molar-refractivity contribution is 0.0958. The van der Waals surface area contributed by atoms with Gasteiger partial charge in [0.2, 0.25) is 0 Å². The van der Waals surface area contributed by atoms with Gasteiger partial charge in [0.15, 0.2) is 0 Å². The number of benzene rings is 2. The summed E-state index contributed by atoms with van der Waals surface area (Å²) >= 11 is 0. The second-order valence-electron chi connectivity index (χ2n) is 5.66. The van der Waals surface area contributed by atoms with E-state index in [9.17, 15) is 10.2 Å². The maximum absolute atomic E-state index is 9.70. The molecule has 21 heavy (non-hydrogen) atoms. The van der Waals surface area contributed by atoms with Gasteiger partial charge in [-0.25, -0.2) is 0 Å². The highest BCUT2D eigenvalue weighted by molar-refractivity contribution is 5.45. The van der Waals surface area contributed by atoms with E-state index >= 15 is 0 Å². The van der Waals surface area contributed by atoms with E-state index in [0.29, 0.717) is 13.2 Å². The molecule has 1 saturated heterocycles. The summed E-state index contributed by atoms with van der Waals surface area (Å²) in [7, 11) is 0. The Morgan fingerprint density at radius 2 is 1.67 bits per heavy atom. The van der Waals surface area contributed by atoms with E-state index in [4.69, 9.17) is 9.47 Å². The lowest BCUT2D eigenvalue weighted by Gasteiger charge is -2.35. The minimum absolute atomic E-state index is 0.0878.